The van der Waals surface area contributed by atoms with Gasteiger partial charge in [-0.1, -0.05) is 36.4 Å². The van der Waals surface area contributed by atoms with Gasteiger partial charge in [-0.05, 0) is 18.4 Å². The SMILES string of the molecule is C[C@H](c1nc2scc(-c3cccs3)c2c(=O)[nH]1)[NH+](C)Cc1ccccc1. The molecule has 0 spiro atoms. The van der Waals surface area contributed by atoms with Gasteiger partial charge in [0.15, 0.2) is 5.82 Å². The monoisotopic (exact) mass is 382 g/mol. The number of thiophene rings is 2. The molecule has 0 fully saturated rings. The highest BCUT2D eigenvalue weighted by Gasteiger charge is 2.21. The number of rotatable bonds is 5. The molecule has 3 aromatic heterocycles. The van der Waals surface area contributed by atoms with Crippen LogP contribution in [0, 0.1) is 0 Å². The number of hydrogen-bond acceptors (Lipinski definition) is 4. The van der Waals surface area contributed by atoms with E-state index in [0.29, 0.717) is 5.39 Å². The maximum Gasteiger partial charge on any atom is 0.260 e. The largest absolute Gasteiger partial charge is 0.325 e. The van der Waals surface area contributed by atoms with Gasteiger partial charge in [-0.2, -0.15) is 0 Å². The highest BCUT2D eigenvalue weighted by Crippen LogP contribution is 2.33. The molecule has 3 heterocycles. The van der Waals surface area contributed by atoms with Crippen molar-refractivity contribution in [1.82, 2.24) is 9.97 Å². The number of nitrogens with zero attached hydrogens (tertiary/aromatic N) is 1. The van der Waals surface area contributed by atoms with Gasteiger partial charge in [0.05, 0.1) is 12.4 Å². The predicted molar refractivity (Wildman–Crippen MR) is 109 cm³/mol. The summed E-state index contributed by atoms with van der Waals surface area (Å²) in [4.78, 5) is 23.8. The summed E-state index contributed by atoms with van der Waals surface area (Å²) in [5, 5.41) is 4.76. The molecule has 4 nitrogen and oxygen atoms in total. The molecule has 0 amide bonds. The molecule has 0 saturated carbocycles. The molecule has 0 aliphatic carbocycles. The number of hydrogen-bond donors (Lipinski definition) is 2. The van der Waals surface area contributed by atoms with Gasteiger partial charge in [-0.25, -0.2) is 4.98 Å². The van der Waals surface area contributed by atoms with E-state index in [1.807, 2.05) is 29.0 Å². The molecule has 0 radical (unpaired) electrons. The summed E-state index contributed by atoms with van der Waals surface area (Å²) in [6.45, 7) is 2.99. The fourth-order valence-corrected chi connectivity index (χ4v) is 4.86. The van der Waals surface area contributed by atoms with Crippen molar-refractivity contribution in [3.05, 3.63) is 75.0 Å². The van der Waals surface area contributed by atoms with Crippen LogP contribution in [0.2, 0.25) is 0 Å². The lowest BCUT2D eigenvalue weighted by molar-refractivity contribution is -0.924. The van der Waals surface area contributed by atoms with E-state index in [0.717, 1.165) is 27.6 Å². The zero-order valence-corrected chi connectivity index (χ0v) is 16.3. The van der Waals surface area contributed by atoms with Crippen molar-refractivity contribution >= 4 is 32.9 Å². The zero-order chi connectivity index (χ0) is 18.1. The maximum absolute atomic E-state index is 12.8. The molecule has 4 rings (SSSR count). The molecule has 26 heavy (non-hydrogen) atoms. The molecule has 6 heteroatoms. The fraction of sp³-hybridized carbons (Fsp3) is 0.200. The second-order valence-electron chi connectivity index (χ2n) is 6.49. The van der Waals surface area contributed by atoms with Gasteiger partial charge in [-0.15, -0.1) is 22.7 Å². The van der Waals surface area contributed by atoms with E-state index >= 15 is 0 Å². The molecule has 0 aliphatic heterocycles. The van der Waals surface area contributed by atoms with E-state index in [2.05, 4.69) is 43.2 Å². The number of fused-ring (bicyclic) bond motifs is 1. The third-order valence-electron chi connectivity index (χ3n) is 4.72. The summed E-state index contributed by atoms with van der Waals surface area (Å²) in [5.74, 6) is 0.746. The van der Waals surface area contributed by atoms with E-state index in [4.69, 9.17) is 4.98 Å². The summed E-state index contributed by atoms with van der Waals surface area (Å²) in [5.41, 5.74) is 2.21. The van der Waals surface area contributed by atoms with Gasteiger partial charge in [0.1, 0.15) is 17.4 Å². The number of aromatic nitrogens is 2. The summed E-state index contributed by atoms with van der Waals surface area (Å²) < 4.78 is 0. The Kier molecular flexibility index (Phi) is 4.72. The van der Waals surface area contributed by atoms with Gasteiger partial charge in [0.25, 0.3) is 5.56 Å². The molecular formula is C20H20N3OS2+. The number of benzene rings is 1. The molecule has 0 aliphatic rings. The van der Waals surface area contributed by atoms with Crippen LogP contribution in [0.25, 0.3) is 20.7 Å². The van der Waals surface area contributed by atoms with E-state index in [1.165, 1.54) is 21.8 Å². The van der Waals surface area contributed by atoms with Crippen LogP contribution in [0.3, 0.4) is 0 Å². The Balaban J connectivity index is 1.66. The molecule has 4 aromatic rings. The lowest BCUT2D eigenvalue weighted by atomic mass is 10.2. The van der Waals surface area contributed by atoms with E-state index < -0.39 is 0 Å². The third-order valence-corrected chi connectivity index (χ3v) is 6.50. The normalized spacial score (nSPS) is 13.8. The van der Waals surface area contributed by atoms with Crippen molar-refractivity contribution in [2.24, 2.45) is 0 Å². The number of nitrogens with one attached hydrogen (secondary N) is 2. The van der Waals surface area contributed by atoms with Crippen molar-refractivity contribution in [3.63, 3.8) is 0 Å². The van der Waals surface area contributed by atoms with Gasteiger partial charge in [-0.3, -0.25) is 4.79 Å². The highest BCUT2D eigenvalue weighted by atomic mass is 32.1. The van der Waals surface area contributed by atoms with Crippen LogP contribution < -0.4 is 10.5 Å². The minimum Gasteiger partial charge on any atom is -0.325 e. The lowest BCUT2D eigenvalue weighted by Crippen LogP contribution is -3.07. The second kappa shape index (κ2) is 7.15. The average molecular weight is 383 g/mol. The minimum absolute atomic E-state index is 0.0472. The summed E-state index contributed by atoms with van der Waals surface area (Å²) in [6, 6.07) is 14.5. The van der Waals surface area contributed by atoms with Crippen LogP contribution in [0.5, 0.6) is 0 Å². The first-order chi connectivity index (χ1) is 12.6. The van der Waals surface area contributed by atoms with Crippen molar-refractivity contribution in [3.8, 4) is 10.4 Å². The molecule has 0 bridgehead atoms. The third kappa shape index (κ3) is 3.23. The van der Waals surface area contributed by atoms with Gasteiger partial charge in [0, 0.05) is 21.4 Å². The Morgan fingerprint density at radius 3 is 2.69 bits per heavy atom. The second-order valence-corrected chi connectivity index (χ2v) is 8.29. The van der Waals surface area contributed by atoms with E-state index in [9.17, 15) is 4.79 Å². The Labute approximate surface area is 159 Å². The van der Waals surface area contributed by atoms with Crippen LogP contribution in [0.4, 0.5) is 0 Å². The van der Waals surface area contributed by atoms with Gasteiger partial charge < -0.3 is 9.88 Å². The lowest BCUT2D eigenvalue weighted by Gasteiger charge is -2.21. The molecule has 132 valence electrons. The zero-order valence-electron chi connectivity index (χ0n) is 14.7. The van der Waals surface area contributed by atoms with Crippen LogP contribution in [-0.2, 0) is 6.54 Å². The maximum atomic E-state index is 12.8. The summed E-state index contributed by atoms with van der Waals surface area (Å²) in [6.07, 6.45) is 0. The predicted octanol–water partition coefficient (Wildman–Crippen LogP) is 3.49. The van der Waals surface area contributed by atoms with Gasteiger partial charge in [0.2, 0.25) is 0 Å². The van der Waals surface area contributed by atoms with E-state index in [-0.39, 0.29) is 11.6 Å². The molecule has 1 unspecified atom stereocenters. The topological polar surface area (TPSA) is 50.2 Å². The first kappa shape index (κ1) is 17.1. The molecule has 2 N–H and O–H groups in total. The average Bonchev–Trinajstić information content (AvgIpc) is 3.31. The number of quaternary nitrogens is 1. The Morgan fingerprint density at radius 2 is 1.96 bits per heavy atom. The van der Waals surface area contributed by atoms with Crippen LogP contribution >= 0.6 is 22.7 Å². The first-order valence-corrected chi connectivity index (χ1v) is 10.3. The number of H-pyrrole nitrogens is 1. The fourth-order valence-electron chi connectivity index (χ4n) is 3.09. The molecular weight excluding hydrogens is 362 g/mol. The van der Waals surface area contributed by atoms with Crippen LogP contribution in [0.1, 0.15) is 24.4 Å². The standard InChI is InChI=1S/C20H19N3OS2/c1-13(23(2)11-14-7-4-3-5-8-14)18-21-19(24)17-15(12-26-20(17)22-18)16-9-6-10-25-16/h3-10,12-13H,11H2,1-2H3,(H,21,22,24)/p+1/t13-/m1/s1. The van der Waals surface area contributed by atoms with Crippen molar-refractivity contribution in [2.75, 3.05) is 7.05 Å². The minimum atomic E-state index is -0.0472. The Morgan fingerprint density at radius 1 is 1.15 bits per heavy atom. The summed E-state index contributed by atoms with van der Waals surface area (Å²) >= 11 is 3.18. The molecule has 2 atom stereocenters. The quantitative estimate of drug-likeness (QED) is 0.555. The van der Waals surface area contributed by atoms with Crippen LogP contribution in [0.15, 0.2) is 58.0 Å². The highest BCUT2D eigenvalue weighted by molar-refractivity contribution is 7.18. The Bertz CT molecular complexity index is 1070. The Hall–Kier alpha value is -2.28. The van der Waals surface area contributed by atoms with Crippen molar-refractivity contribution < 1.29 is 4.90 Å². The van der Waals surface area contributed by atoms with Crippen LogP contribution in [-0.4, -0.2) is 17.0 Å². The van der Waals surface area contributed by atoms with Crippen molar-refractivity contribution in [2.45, 2.75) is 19.5 Å². The molecule has 0 saturated heterocycles. The van der Waals surface area contributed by atoms with Crippen molar-refractivity contribution in [1.29, 1.82) is 0 Å². The smallest absolute Gasteiger partial charge is 0.260 e. The van der Waals surface area contributed by atoms with Gasteiger partial charge >= 0.3 is 0 Å². The molecule has 1 aromatic carbocycles. The summed E-state index contributed by atoms with van der Waals surface area (Å²) in [7, 11) is 2.13. The number of aromatic amines is 1. The first-order valence-electron chi connectivity index (χ1n) is 8.55. The van der Waals surface area contributed by atoms with E-state index in [1.54, 1.807) is 11.3 Å².